The number of rotatable bonds is 6. The van der Waals surface area contributed by atoms with Gasteiger partial charge >= 0.3 is 5.97 Å². The van der Waals surface area contributed by atoms with E-state index in [-0.39, 0.29) is 11.9 Å². The smallest absolute Gasteiger partial charge is 0.308 e. The monoisotopic (exact) mass is 473 g/mol. The molecule has 6 nitrogen and oxygen atoms in total. The molecule has 4 rings (SSSR count). The van der Waals surface area contributed by atoms with Crippen molar-refractivity contribution in [3.63, 3.8) is 0 Å². The molecule has 0 bridgehead atoms. The molecule has 0 aliphatic carbocycles. The minimum atomic E-state index is -0.500. The number of carbonyl (C=O) groups excluding carboxylic acids is 2. The number of nitrogens with one attached hydrogen (secondary N) is 1. The Bertz CT molecular complexity index is 1250. The minimum absolute atomic E-state index is 0.154. The SMILES string of the molecule is CC(=O)Oc1c(C)c(C)c2c(c1C)CCC(C)(COc1ccc(NC(=O)c3ccccc3)cc1)O2. The largest absolute Gasteiger partial charge is 0.489 e. The van der Waals surface area contributed by atoms with Crippen molar-refractivity contribution in [2.24, 2.45) is 0 Å². The van der Waals surface area contributed by atoms with Gasteiger partial charge in [-0.3, -0.25) is 9.59 Å². The van der Waals surface area contributed by atoms with Crippen molar-refractivity contribution < 1.29 is 23.8 Å². The van der Waals surface area contributed by atoms with Crippen LogP contribution in [0.2, 0.25) is 0 Å². The van der Waals surface area contributed by atoms with E-state index < -0.39 is 5.60 Å². The van der Waals surface area contributed by atoms with E-state index in [1.165, 1.54) is 6.92 Å². The van der Waals surface area contributed by atoms with E-state index in [1.54, 1.807) is 12.1 Å². The molecule has 1 amide bonds. The van der Waals surface area contributed by atoms with E-state index in [2.05, 4.69) is 12.2 Å². The lowest BCUT2D eigenvalue weighted by Crippen LogP contribution is -2.42. The summed E-state index contributed by atoms with van der Waals surface area (Å²) in [6.07, 6.45) is 1.58. The Morgan fingerprint density at radius 1 is 0.971 bits per heavy atom. The van der Waals surface area contributed by atoms with Crippen LogP contribution in [0.3, 0.4) is 0 Å². The van der Waals surface area contributed by atoms with Crippen molar-refractivity contribution in [2.45, 2.75) is 53.1 Å². The highest BCUT2D eigenvalue weighted by Crippen LogP contribution is 2.44. The van der Waals surface area contributed by atoms with Gasteiger partial charge in [0.05, 0.1) is 0 Å². The molecule has 0 saturated carbocycles. The van der Waals surface area contributed by atoms with E-state index in [0.29, 0.717) is 29.4 Å². The van der Waals surface area contributed by atoms with E-state index in [0.717, 1.165) is 40.8 Å². The van der Waals surface area contributed by atoms with Crippen molar-refractivity contribution in [3.05, 3.63) is 82.4 Å². The summed E-state index contributed by atoms with van der Waals surface area (Å²) in [5, 5.41) is 2.89. The highest BCUT2D eigenvalue weighted by atomic mass is 16.5. The summed E-state index contributed by atoms with van der Waals surface area (Å²) in [6, 6.07) is 16.4. The molecule has 1 N–H and O–H groups in total. The summed E-state index contributed by atoms with van der Waals surface area (Å²) in [5.41, 5.74) is 4.73. The van der Waals surface area contributed by atoms with Gasteiger partial charge in [0, 0.05) is 23.7 Å². The number of fused-ring (bicyclic) bond motifs is 1. The van der Waals surface area contributed by atoms with E-state index in [9.17, 15) is 9.59 Å². The van der Waals surface area contributed by atoms with Crippen LogP contribution in [0.1, 0.15) is 52.9 Å². The Balaban J connectivity index is 1.42. The number of benzene rings is 3. The van der Waals surface area contributed by atoms with Crippen LogP contribution in [0.5, 0.6) is 17.2 Å². The molecule has 1 aliphatic heterocycles. The summed E-state index contributed by atoms with van der Waals surface area (Å²) in [7, 11) is 0. The fourth-order valence-electron chi connectivity index (χ4n) is 4.34. The van der Waals surface area contributed by atoms with Gasteiger partial charge in [-0.15, -0.1) is 0 Å². The second kappa shape index (κ2) is 9.82. The number of amides is 1. The van der Waals surface area contributed by atoms with Crippen molar-refractivity contribution >= 4 is 17.6 Å². The number of esters is 1. The average molecular weight is 474 g/mol. The lowest BCUT2D eigenvalue weighted by atomic mass is 9.87. The van der Waals surface area contributed by atoms with Crippen LogP contribution in [0.15, 0.2) is 54.6 Å². The van der Waals surface area contributed by atoms with Crippen LogP contribution >= 0.6 is 0 Å². The molecular formula is C29H31NO5. The molecule has 1 unspecified atom stereocenters. The normalized spacial score (nSPS) is 16.6. The number of hydrogen-bond donors (Lipinski definition) is 1. The van der Waals surface area contributed by atoms with Crippen LogP contribution in [0.25, 0.3) is 0 Å². The van der Waals surface area contributed by atoms with Gasteiger partial charge in [0.2, 0.25) is 0 Å². The average Bonchev–Trinajstić information content (AvgIpc) is 2.85. The summed E-state index contributed by atoms with van der Waals surface area (Å²) in [4.78, 5) is 23.9. The standard InChI is InChI=1S/C29H31NO5/c1-18-19(2)27-25(20(3)26(18)34-21(4)31)15-16-29(5,35-27)17-33-24-13-11-23(12-14-24)30-28(32)22-9-7-6-8-10-22/h6-14H,15-17H2,1-5H3,(H,30,32). The maximum absolute atomic E-state index is 12.3. The molecule has 35 heavy (non-hydrogen) atoms. The number of ether oxygens (including phenoxy) is 3. The lowest BCUT2D eigenvalue weighted by Gasteiger charge is -2.37. The maximum Gasteiger partial charge on any atom is 0.308 e. The van der Waals surface area contributed by atoms with Crippen LogP contribution in [-0.4, -0.2) is 24.1 Å². The molecule has 0 fully saturated rings. The number of carbonyl (C=O) groups is 2. The first-order valence-corrected chi connectivity index (χ1v) is 11.8. The van der Waals surface area contributed by atoms with Gasteiger partial charge < -0.3 is 19.5 Å². The molecule has 3 aromatic rings. The van der Waals surface area contributed by atoms with Crippen LogP contribution in [0, 0.1) is 20.8 Å². The van der Waals surface area contributed by atoms with Gasteiger partial charge in [-0.25, -0.2) is 0 Å². The Labute approximate surface area is 206 Å². The Morgan fingerprint density at radius 3 is 2.31 bits per heavy atom. The quantitative estimate of drug-likeness (QED) is 0.354. The summed E-state index contributed by atoms with van der Waals surface area (Å²) in [6.45, 7) is 9.77. The van der Waals surface area contributed by atoms with E-state index in [4.69, 9.17) is 14.2 Å². The third-order valence-electron chi connectivity index (χ3n) is 6.50. The fourth-order valence-corrected chi connectivity index (χ4v) is 4.34. The molecule has 0 saturated heterocycles. The maximum atomic E-state index is 12.3. The molecule has 182 valence electrons. The number of anilines is 1. The Morgan fingerprint density at radius 2 is 1.66 bits per heavy atom. The molecule has 1 heterocycles. The summed E-state index contributed by atoms with van der Waals surface area (Å²) < 4.78 is 18.1. The zero-order valence-corrected chi connectivity index (χ0v) is 20.9. The molecule has 0 spiro atoms. The molecule has 3 aromatic carbocycles. The summed E-state index contributed by atoms with van der Waals surface area (Å²) in [5.74, 6) is 1.71. The second-order valence-corrected chi connectivity index (χ2v) is 9.29. The van der Waals surface area contributed by atoms with Crippen molar-refractivity contribution in [1.82, 2.24) is 0 Å². The highest BCUT2D eigenvalue weighted by Gasteiger charge is 2.35. The molecule has 0 aromatic heterocycles. The van der Waals surface area contributed by atoms with Gasteiger partial charge in [-0.1, -0.05) is 18.2 Å². The first-order chi connectivity index (χ1) is 16.7. The predicted octanol–water partition coefficient (Wildman–Crippen LogP) is 5.95. The first kappa shape index (κ1) is 24.3. The van der Waals surface area contributed by atoms with Crippen molar-refractivity contribution in [3.8, 4) is 17.2 Å². The van der Waals surface area contributed by atoms with Gasteiger partial charge in [-0.2, -0.15) is 0 Å². The van der Waals surface area contributed by atoms with Gasteiger partial charge in [0.15, 0.2) is 0 Å². The molecule has 6 heteroatoms. The van der Waals surface area contributed by atoms with Crippen LogP contribution in [-0.2, 0) is 11.2 Å². The minimum Gasteiger partial charge on any atom is -0.489 e. The Kier molecular flexibility index (Phi) is 6.83. The van der Waals surface area contributed by atoms with Crippen molar-refractivity contribution in [1.29, 1.82) is 0 Å². The van der Waals surface area contributed by atoms with Gasteiger partial charge in [-0.05, 0) is 93.6 Å². The topological polar surface area (TPSA) is 73.9 Å². The van der Waals surface area contributed by atoms with Gasteiger partial charge in [0.1, 0.15) is 29.5 Å². The molecular weight excluding hydrogens is 442 g/mol. The lowest BCUT2D eigenvalue weighted by molar-refractivity contribution is -0.132. The Hall–Kier alpha value is -3.80. The van der Waals surface area contributed by atoms with Crippen molar-refractivity contribution in [2.75, 3.05) is 11.9 Å². The van der Waals surface area contributed by atoms with Crippen LogP contribution < -0.4 is 19.5 Å². The summed E-state index contributed by atoms with van der Waals surface area (Å²) >= 11 is 0. The molecule has 1 aliphatic rings. The third-order valence-corrected chi connectivity index (χ3v) is 6.50. The molecule has 0 radical (unpaired) electrons. The first-order valence-electron chi connectivity index (χ1n) is 11.8. The highest BCUT2D eigenvalue weighted by molar-refractivity contribution is 6.04. The predicted molar refractivity (Wildman–Crippen MR) is 136 cm³/mol. The zero-order chi connectivity index (χ0) is 25.2. The zero-order valence-electron chi connectivity index (χ0n) is 20.9. The van der Waals surface area contributed by atoms with E-state index >= 15 is 0 Å². The number of hydrogen-bond acceptors (Lipinski definition) is 5. The van der Waals surface area contributed by atoms with Gasteiger partial charge in [0.25, 0.3) is 5.91 Å². The van der Waals surface area contributed by atoms with E-state index in [1.807, 2.05) is 63.2 Å². The third kappa shape index (κ3) is 5.32. The fraction of sp³-hybridized carbons (Fsp3) is 0.310. The molecule has 1 atom stereocenters. The van der Waals surface area contributed by atoms with Crippen LogP contribution in [0.4, 0.5) is 5.69 Å². The second-order valence-electron chi connectivity index (χ2n) is 9.29.